The maximum absolute atomic E-state index is 11.7. The normalized spacial score (nSPS) is 30.2. The Kier molecular flexibility index (Phi) is 2.96. The highest BCUT2D eigenvalue weighted by molar-refractivity contribution is 7.91. The molecule has 2 fully saturated rings. The molecule has 3 rings (SSSR count). The number of aromatic nitrogens is 1. The van der Waals surface area contributed by atoms with Crippen LogP contribution in [0.3, 0.4) is 0 Å². The first kappa shape index (κ1) is 12.2. The zero-order chi connectivity index (χ0) is 12.8. The maximum Gasteiger partial charge on any atom is 0.155 e. The molecule has 0 aromatic carbocycles. The number of nitrogens with zero attached hydrogens (tertiary/aromatic N) is 2. The van der Waals surface area contributed by atoms with Crippen LogP contribution in [0.2, 0.25) is 5.15 Å². The van der Waals surface area contributed by atoms with Crippen molar-refractivity contribution in [3.63, 3.8) is 0 Å². The molecule has 0 unspecified atom stereocenters. The molecule has 3 heterocycles. The van der Waals surface area contributed by atoms with Crippen LogP contribution in [0.15, 0.2) is 18.2 Å². The van der Waals surface area contributed by atoms with Crippen LogP contribution in [0.1, 0.15) is 0 Å². The molecule has 0 amide bonds. The quantitative estimate of drug-likeness (QED) is 0.713. The minimum absolute atomic E-state index is 0.106. The van der Waals surface area contributed by atoms with Crippen molar-refractivity contribution in [3.8, 4) is 0 Å². The lowest BCUT2D eigenvalue weighted by Gasteiger charge is -2.37. The van der Waals surface area contributed by atoms with Crippen LogP contribution in [0.4, 0.5) is 5.82 Å². The van der Waals surface area contributed by atoms with Crippen molar-refractivity contribution in [3.05, 3.63) is 23.4 Å². The van der Waals surface area contributed by atoms with E-state index in [-0.39, 0.29) is 23.7 Å². The van der Waals surface area contributed by atoms with Crippen LogP contribution in [0.25, 0.3) is 0 Å². The Labute approximate surface area is 111 Å². The second kappa shape index (κ2) is 4.36. The molecule has 0 spiro atoms. The molecule has 1 aromatic heterocycles. The molecule has 18 heavy (non-hydrogen) atoms. The predicted octanol–water partition coefficient (Wildman–Crippen LogP) is 0.737. The second-order valence-electron chi connectivity index (χ2n) is 4.57. The van der Waals surface area contributed by atoms with Crippen LogP contribution < -0.4 is 4.90 Å². The number of anilines is 1. The minimum atomic E-state index is -3.01. The molecule has 1 aromatic rings. The molecule has 0 saturated carbocycles. The van der Waals surface area contributed by atoms with Crippen molar-refractivity contribution >= 4 is 27.3 Å². The molecule has 0 radical (unpaired) electrons. The van der Waals surface area contributed by atoms with Crippen LogP contribution in [-0.4, -0.2) is 50.2 Å². The van der Waals surface area contributed by atoms with Gasteiger partial charge in [0, 0.05) is 6.54 Å². The van der Waals surface area contributed by atoms with Crippen LogP contribution in [0.5, 0.6) is 0 Å². The summed E-state index contributed by atoms with van der Waals surface area (Å²) in [5, 5.41) is 0.413. The number of halogens is 1. The third-order valence-corrected chi connectivity index (χ3v) is 5.23. The summed E-state index contributed by atoms with van der Waals surface area (Å²) >= 11 is 5.88. The van der Waals surface area contributed by atoms with Crippen molar-refractivity contribution in [2.45, 2.75) is 12.1 Å². The molecule has 7 heteroatoms. The molecule has 2 aliphatic rings. The lowest BCUT2D eigenvalue weighted by atomic mass is 10.1. The molecule has 0 aliphatic carbocycles. The molecule has 98 valence electrons. The van der Waals surface area contributed by atoms with E-state index in [1.54, 1.807) is 6.07 Å². The van der Waals surface area contributed by atoms with Gasteiger partial charge in [0.05, 0.1) is 30.3 Å². The summed E-state index contributed by atoms with van der Waals surface area (Å²) in [5.74, 6) is 0.957. The number of morpholine rings is 1. The van der Waals surface area contributed by atoms with Gasteiger partial charge >= 0.3 is 0 Å². The van der Waals surface area contributed by atoms with Crippen molar-refractivity contribution in [1.29, 1.82) is 0 Å². The predicted molar refractivity (Wildman–Crippen MR) is 68.8 cm³/mol. The van der Waals surface area contributed by atoms with E-state index in [0.29, 0.717) is 18.3 Å². The van der Waals surface area contributed by atoms with Gasteiger partial charge < -0.3 is 9.64 Å². The topological polar surface area (TPSA) is 59.5 Å². The summed E-state index contributed by atoms with van der Waals surface area (Å²) in [6.07, 6.45) is -0.246. The van der Waals surface area contributed by atoms with E-state index in [0.717, 1.165) is 5.82 Å². The Balaban J connectivity index is 1.93. The van der Waals surface area contributed by atoms with Crippen LogP contribution >= 0.6 is 11.6 Å². The Bertz CT molecular complexity index is 563. The van der Waals surface area contributed by atoms with E-state index in [2.05, 4.69) is 4.98 Å². The van der Waals surface area contributed by atoms with Crippen molar-refractivity contribution in [2.24, 2.45) is 0 Å². The van der Waals surface area contributed by atoms with Crippen molar-refractivity contribution < 1.29 is 13.2 Å². The Hall–Kier alpha value is -0.850. The Morgan fingerprint density at radius 2 is 2.22 bits per heavy atom. The number of fused-ring (bicyclic) bond motifs is 1. The summed E-state index contributed by atoms with van der Waals surface area (Å²) in [7, 11) is -3.01. The van der Waals surface area contributed by atoms with Gasteiger partial charge in [0.2, 0.25) is 0 Å². The van der Waals surface area contributed by atoms with Crippen molar-refractivity contribution in [1.82, 2.24) is 4.98 Å². The molecule has 2 atom stereocenters. The highest BCUT2D eigenvalue weighted by atomic mass is 35.5. The Morgan fingerprint density at radius 1 is 1.39 bits per heavy atom. The molecule has 0 N–H and O–H groups in total. The highest BCUT2D eigenvalue weighted by Gasteiger charge is 2.44. The lowest BCUT2D eigenvalue weighted by Crippen LogP contribution is -2.51. The van der Waals surface area contributed by atoms with E-state index >= 15 is 0 Å². The van der Waals surface area contributed by atoms with Gasteiger partial charge in [-0.3, -0.25) is 0 Å². The van der Waals surface area contributed by atoms with E-state index in [9.17, 15) is 8.42 Å². The van der Waals surface area contributed by atoms with Gasteiger partial charge in [-0.15, -0.1) is 0 Å². The van der Waals surface area contributed by atoms with Gasteiger partial charge in [0.15, 0.2) is 9.84 Å². The first-order valence-corrected chi connectivity index (χ1v) is 7.96. The Morgan fingerprint density at radius 3 is 3.00 bits per heavy atom. The molecule has 5 nitrogen and oxygen atoms in total. The fourth-order valence-electron chi connectivity index (χ4n) is 2.56. The summed E-state index contributed by atoms with van der Waals surface area (Å²) in [6, 6.07) is 5.22. The number of pyridine rings is 1. The highest BCUT2D eigenvalue weighted by Crippen LogP contribution is 2.28. The third kappa shape index (κ3) is 2.20. The zero-order valence-electron chi connectivity index (χ0n) is 9.62. The zero-order valence-corrected chi connectivity index (χ0v) is 11.2. The van der Waals surface area contributed by atoms with Crippen LogP contribution in [0, 0.1) is 0 Å². The first-order valence-electron chi connectivity index (χ1n) is 5.76. The number of hydrogen-bond donors (Lipinski definition) is 0. The van der Waals surface area contributed by atoms with E-state index in [1.165, 1.54) is 0 Å². The van der Waals surface area contributed by atoms with Gasteiger partial charge in [-0.25, -0.2) is 13.4 Å². The summed E-state index contributed by atoms with van der Waals surface area (Å²) in [5.41, 5.74) is 0. The van der Waals surface area contributed by atoms with E-state index < -0.39 is 9.84 Å². The number of sulfone groups is 1. The summed E-state index contributed by atoms with van der Waals surface area (Å²) in [4.78, 5) is 6.24. The van der Waals surface area contributed by atoms with E-state index in [4.69, 9.17) is 16.3 Å². The average molecular weight is 289 g/mol. The van der Waals surface area contributed by atoms with Gasteiger partial charge in [-0.2, -0.15) is 0 Å². The molecule has 2 aliphatic heterocycles. The van der Waals surface area contributed by atoms with Gasteiger partial charge in [-0.1, -0.05) is 17.7 Å². The SMILES string of the molecule is O=S1(=O)C[C@@H]2[C@@H](C1)OCCN2c1cccc(Cl)n1. The fraction of sp³-hybridized carbons (Fsp3) is 0.545. The van der Waals surface area contributed by atoms with Gasteiger partial charge in [0.1, 0.15) is 11.0 Å². The largest absolute Gasteiger partial charge is 0.373 e. The van der Waals surface area contributed by atoms with Crippen molar-refractivity contribution in [2.75, 3.05) is 29.6 Å². The third-order valence-electron chi connectivity index (χ3n) is 3.33. The summed E-state index contributed by atoms with van der Waals surface area (Å²) < 4.78 is 28.9. The molecular weight excluding hydrogens is 276 g/mol. The maximum atomic E-state index is 11.7. The van der Waals surface area contributed by atoms with Gasteiger partial charge in [0.25, 0.3) is 0 Å². The molecular formula is C11H13ClN2O3S. The molecule has 2 saturated heterocycles. The minimum Gasteiger partial charge on any atom is -0.373 e. The summed E-state index contributed by atoms with van der Waals surface area (Å²) in [6.45, 7) is 1.16. The number of rotatable bonds is 1. The van der Waals surface area contributed by atoms with E-state index in [1.807, 2.05) is 17.0 Å². The van der Waals surface area contributed by atoms with Crippen LogP contribution in [-0.2, 0) is 14.6 Å². The standard InChI is InChI=1S/C11H13ClN2O3S/c12-10-2-1-3-11(13-10)14-4-5-17-9-7-18(15,16)6-8(9)14/h1-3,8-9H,4-7H2/t8-,9-/m1/s1. The smallest absolute Gasteiger partial charge is 0.155 e. The number of hydrogen-bond acceptors (Lipinski definition) is 5. The van der Waals surface area contributed by atoms with Gasteiger partial charge in [-0.05, 0) is 12.1 Å². The fourth-order valence-corrected chi connectivity index (χ4v) is 4.59. The first-order chi connectivity index (χ1) is 8.55. The monoisotopic (exact) mass is 288 g/mol. The second-order valence-corrected chi connectivity index (χ2v) is 7.11. The molecule has 0 bridgehead atoms. The lowest BCUT2D eigenvalue weighted by molar-refractivity contribution is 0.0367. The average Bonchev–Trinajstić information content (AvgIpc) is 2.62. The number of ether oxygens (including phenoxy) is 1.